The topological polar surface area (TPSA) is 72.2 Å². The lowest BCUT2D eigenvalue weighted by molar-refractivity contribution is -0.384. The first-order chi connectivity index (χ1) is 12.4. The van der Waals surface area contributed by atoms with Crippen LogP contribution in [-0.2, 0) is 4.79 Å². The summed E-state index contributed by atoms with van der Waals surface area (Å²) >= 11 is 7.44. The van der Waals surface area contributed by atoms with Gasteiger partial charge in [0.25, 0.3) is 5.69 Å². The van der Waals surface area contributed by atoms with Crippen molar-refractivity contribution in [3.05, 3.63) is 75.8 Å². The van der Waals surface area contributed by atoms with Gasteiger partial charge < -0.3 is 5.32 Å². The molecule has 0 aromatic heterocycles. The fourth-order valence-corrected chi connectivity index (χ4v) is 3.54. The van der Waals surface area contributed by atoms with Gasteiger partial charge >= 0.3 is 0 Å². The summed E-state index contributed by atoms with van der Waals surface area (Å²) in [6.07, 6.45) is 0. The highest BCUT2D eigenvalue weighted by atomic mass is 35.5. The normalized spacial score (nSPS) is 11.9. The Morgan fingerprint density at radius 1 is 1.12 bits per heavy atom. The zero-order valence-corrected chi connectivity index (χ0v) is 15.4. The summed E-state index contributed by atoms with van der Waals surface area (Å²) in [5, 5.41) is 15.6. The predicted molar refractivity (Wildman–Crippen MR) is 106 cm³/mol. The van der Waals surface area contributed by atoms with Crippen LogP contribution in [0.15, 0.2) is 65.6 Å². The molecule has 26 heavy (non-hydrogen) atoms. The minimum absolute atomic E-state index is 0.125. The van der Waals surface area contributed by atoms with Crippen molar-refractivity contribution in [3.63, 3.8) is 0 Å². The molecule has 3 aromatic carbocycles. The van der Waals surface area contributed by atoms with Crippen molar-refractivity contribution in [2.24, 2.45) is 0 Å². The molecular formula is C19H15ClN2O3S. The van der Waals surface area contributed by atoms with Crippen LogP contribution < -0.4 is 5.32 Å². The van der Waals surface area contributed by atoms with E-state index in [-0.39, 0.29) is 22.3 Å². The third-order valence-electron chi connectivity index (χ3n) is 3.82. The second-order valence-corrected chi connectivity index (χ2v) is 7.50. The number of thioether (sulfide) groups is 1. The molecule has 7 heteroatoms. The van der Waals surface area contributed by atoms with E-state index in [0.717, 1.165) is 15.7 Å². The van der Waals surface area contributed by atoms with Crippen LogP contribution in [0.1, 0.15) is 6.92 Å². The molecule has 0 fully saturated rings. The molecule has 132 valence electrons. The van der Waals surface area contributed by atoms with E-state index in [9.17, 15) is 14.9 Å². The van der Waals surface area contributed by atoms with Crippen molar-refractivity contribution in [3.8, 4) is 0 Å². The molecule has 3 rings (SSSR count). The molecule has 0 radical (unpaired) electrons. The van der Waals surface area contributed by atoms with E-state index in [1.54, 1.807) is 6.92 Å². The fourth-order valence-electron chi connectivity index (χ4n) is 2.46. The second-order valence-electron chi connectivity index (χ2n) is 5.68. The van der Waals surface area contributed by atoms with Gasteiger partial charge in [0.15, 0.2) is 0 Å². The van der Waals surface area contributed by atoms with Gasteiger partial charge in [-0.05, 0) is 35.9 Å². The van der Waals surface area contributed by atoms with E-state index in [1.807, 2.05) is 42.5 Å². The molecule has 1 amide bonds. The molecule has 0 saturated heterocycles. The lowest BCUT2D eigenvalue weighted by Gasteiger charge is -2.13. The van der Waals surface area contributed by atoms with Crippen molar-refractivity contribution in [2.45, 2.75) is 17.1 Å². The first-order valence-electron chi connectivity index (χ1n) is 7.84. The predicted octanol–water partition coefficient (Wildman–Crippen LogP) is 5.52. The monoisotopic (exact) mass is 386 g/mol. The van der Waals surface area contributed by atoms with E-state index in [0.29, 0.717) is 0 Å². The van der Waals surface area contributed by atoms with Crippen LogP contribution in [0.2, 0.25) is 5.02 Å². The summed E-state index contributed by atoms with van der Waals surface area (Å²) in [5.41, 5.74) is 0.108. The number of carbonyl (C=O) groups is 1. The van der Waals surface area contributed by atoms with E-state index in [1.165, 1.54) is 30.0 Å². The number of fused-ring (bicyclic) bond motifs is 1. The Morgan fingerprint density at radius 2 is 1.85 bits per heavy atom. The summed E-state index contributed by atoms with van der Waals surface area (Å²) < 4.78 is 0. The summed E-state index contributed by atoms with van der Waals surface area (Å²) in [4.78, 5) is 23.8. The minimum Gasteiger partial charge on any atom is -0.324 e. The van der Waals surface area contributed by atoms with E-state index in [2.05, 4.69) is 5.32 Å². The van der Waals surface area contributed by atoms with Crippen LogP contribution in [0.3, 0.4) is 0 Å². The van der Waals surface area contributed by atoms with Gasteiger partial charge in [-0.2, -0.15) is 0 Å². The number of benzene rings is 3. The summed E-state index contributed by atoms with van der Waals surface area (Å²) in [6, 6.07) is 18.0. The van der Waals surface area contributed by atoms with Crippen molar-refractivity contribution < 1.29 is 9.72 Å². The maximum atomic E-state index is 12.5. The van der Waals surface area contributed by atoms with Gasteiger partial charge in [-0.25, -0.2) is 0 Å². The molecule has 0 aliphatic carbocycles. The van der Waals surface area contributed by atoms with Gasteiger partial charge in [0.2, 0.25) is 5.91 Å². The zero-order chi connectivity index (χ0) is 18.7. The first kappa shape index (κ1) is 18.2. The Hall–Kier alpha value is -2.57. The molecular weight excluding hydrogens is 372 g/mol. The number of hydrogen-bond donors (Lipinski definition) is 1. The Labute approximate surface area is 159 Å². The number of non-ortho nitro benzene ring substituents is 1. The van der Waals surface area contributed by atoms with Crippen molar-refractivity contribution in [1.82, 2.24) is 0 Å². The smallest absolute Gasteiger partial charge is 0.271 e. The standard InChI is InChI=1S/C19H15ClN2O3S/c1-12(26-16-8-6-13-4-2-3-5-14(13)10-16)19(23)21-18-11-15(22(24)25)7-9-17(18)20/h2-12H,1H3,(H,21,23)/t12-/m1/s1. The molecule has 3 aromatic rings. The maximum Gasteiger partial charge on any atom is 0.271 e. The van der Waals surface area contributed by atoms with E-state index < -0.39 is 10.2 Å². The summed E-state index contributed by atoms with van der Waals surface area (Å²) in [5.74, 6) is -0.273. The van der Waals surface area contributed by atoms with E-state index in [4.69, 9.17) is 11.6 Å². The quantitative estimate of drug-likeness (QED) is 0.356. The number of halogens is 1. The van der Waals surface area contributed by atoms with Crippen molar-refractivity contribution in [2.75, 3.05) is 5.32 Å². The number of hydrogen-bond acceptors (Lipinski definition) is 4. The van der Waals surface area contributed by atoms with E-state index >= 15 is 0 Å². The van der Waals surface area contributed by atoms with Crippen LogP contribution in [0, 0.1) is 10.1 Å². The van der Waals surface area contributed by atoms with Crippen LogP contribution >= 0.6 is 23.4 Å². The van der Waals surface area contributed by atoms with Crippen molar-refractivity contribution in [1.29, 1.82) is 0 Å². The molecule has 5 nitrogen and oxygen atoms in total. The SMILES string of the molecule is C[C@@H](Sc1ccc2ccccc2c1)C(=O)Nc1cc([N+](=O)[O-])ccc1Cl. The first-order valence-corrected chi connectivity index (χ1v) is 9.10. The average Bonchev–Trinajstić information content (AvgIpc) is 2.63. The Bertz CT molecular complexity index is 993. The molecule has 0 bridgehead atoms. The van der Waals surface area contributed by atoms with Crippen LogP contribution in [0.25, 0.3) is 10.8 Å². The maximum absolute atomic E-state index is 12.5. The van der Waals surface area contributed by atoms with Gasteiger partial charge in [-0.1, -0.05) is 41.9 Å². The third kappa shape index (κ3) is 4.15. The van der Waals surface area contributed by atoms with Crippen LogP contribution in [-0.4, -0.2) is 16.1 Å². The van der Waals surface area contributed by atoms with Crippen LogP contribution in [0.5, 0.6) is 0 Å². The number of nitrogens with one attached hydrogen (secondary N) is 1. The van der Waals surface area contributed by atoms with Crippen LogP contribution in [0.4, 0.5) is 11.4 Å². The number of anilines is 1. The second kappa shape index (κ2) is 7.76. The molecule has 1 N–H and O–H groups in total. The van der Waals surface area contributed by atoms with Gasteiger partial charge in [-0.15, -0.1) is 11.8 Å². The molecule has 0 saturated carbocycles. The highest BCUT2D eigenvalue weighted by molar-refractivity contribution is 8.00. The average molecular weight is 387 g/mol. The molecule has 0 heterocycles. The lowest BCUT2D eigenvalue weighted by Crippen LogP contribution is -2.22. The number of amides is 1. The molecule has 0 aliphatic rings. The highest BCUT2D eigenvalue weighted by Crippen LogP contribution is 2.30. The fraction of sp³-hybridized carbons (Fsp3) is 0.105. The molecule has 0 unspecified atom stereocenters. The zero-order valence-electron chi connectivity index (χ0n) is 13.8. The number of rotatable bonds is 5. The number of carbonyl (C=O) groups excluding carboxylic acids is 1. The highest BCUT2D eigenvalue weighted by Gasteiger charge is 2.18. The number of nitrogens with zero attached hydrogens (tertiary/aromatic N) is 1. The molecule has 0 aliphatic heterocycles. The number of nitro groups is 1. The Balaban J connectivity index is 1.73. The Kier molecular flexibility index (Phi) is 5.44. The summed E-state index contributed by atoms with van der Waals surface area (Å²) in [6.45, 7) is 1.78. The van der Waals surface area contributed by atoms with Gasteiger partial charge in [-0.3, -0.25) is 14.9 Å². The number of nitro benzene ring substituents is 1. The molecule has 0 spiro atoms. The summed E-state index contributed by atoms with van der Waals surface area (Å²) in [7, 11) is 0. The lowest BCUT2D eigenvalue weighted by atomic mass is 10.1. The van der Waals surface area contributed by atoms with Gasteiger partial charge in [0.1, 0.15) is 0 Å². The Morgan fingerprint density at radius 3 is 2.58 bits per heavy atom. The molecule has 1 atom stereocenters. The van der Waals surface area contributed by atoms with Gasteiger partial charge in [0.05, 0.1) is 20.9 Å². The largest absolute Gasteiger partial charge is 0.324 e. The van der Waals surface area contributed by atoms with Crippen molar-refractivity contribution >= 4 is 51.4 Å². The van der Waals surface area contributed by atoms with Gasteiger partial charge in [0, 0.05) is 17.0 Å². The minimum atomic E-state index is -0.529. The third-order valence-corrected chi connectivity index (χ3v) is 5.24.